The molecule has 1 fully saturated rings. The molecule has 7 heteroatoms. The highest BCUT2D eigenvalue weighted by atomic mass is 79.9. The van der Waals surface area contributed by atoms with Crippen molar-refractivity contribution in [3.8, 4) is 0 Å². The lowest BCUT2D eigenvalue weighted by atomic mass is 10.1. The average molecular weight is 410 g/mol. The minimum Gasteiger partial charge on any atom is -0.357 e. The molecule has 0 aliphatic carbocycles. The largest absolute Gasteiger partial charge is 0.357 e. The van der Waals surface area contributed by atoms with Gasteiger partial charge in [0.2, 0.25) is 10.0 Å². The van der Waals surface area contributed by atoms with Gasteiger partial charge in [-0.3, -0.25) is 0 Å². The lowest BCUT2D eigenvalue weighted by Gasteiger charge is -2.36. The fourth-order valence-electron chi connectivity index (χ4n) is 3.01. The molecule has 0 N–H and O–H groups in total. The van der Waals surface area contributed by atoms with Crippen molar-refractivity contribution in [3.05, 3.63) is 53.1 Å². The van der Waals surface area contributed by atoms with Gasteiger partial charge in [0.25, 0.3) is 0 Å². The lowest BCUT2D eigenvalue weighted by Crippen LogP contribution is -2.45. The minimum absolute atomic E-state index is 0.297. The number of hydrogen-bond donors (Lipinski definition) is 0. The number of benzene rings is 1. The topological polar surface area (TPSA) is 53.5 Å². The van der Waals surface area contributed by atoms with Crippen LogP contribution in [0, 0.1) is 0 Å². The second-order valence-electron chi connectivity index (χ2n) is 5.86. The highest BCUT2D eigenvalue weighted by molar-refractivity contribution is 9.10. The zero-order chi connectivity index (χ0) is 17.2. The fourth-order valence-corrected chi connectivity index (χ4v) is 5.45. The van der Waals surface area contributed by atoms with E-state index in [9.17, 15) is 8.42 Å². The summed E-state index contributed by atoms with van der Waals surface area (Å²) >= 11 is 3.34. The monoisotopic (exact) mass is 409 g/mol. The van der Waals surface area contributed by atoms with Gasteiger partial charge < -0.3 is 4.90 Å². The summed E-state index contributed by atoms with van der Waals surface area (Å²) in [6, 6.07) is 13.1. The number of aromatic nitrogens is 1. The smallest absolute Gasteiger partial charge is 0.244 e. The summed E-state index contributed by atoms with van der Waals surface area (Å²) < 4.78 is 27.8. The minimum atomic E-state index is -3.45. The third kappa shape index (κ3) is 3.48. The maximum atomic E-state index is 12.8. The van der Waals surface area contributed by atoms with Gasteiger partial charge in [0.1, 0.15) is 5.82 Å². The molecule has 2 heterocycles. The zero-order valence-corrected chi connectivity index (χ0v) is 15.9. The Bertz CT molecular complexity index is 790. The van der Waals surface area contributed by atoms with Crippen molar-refractivity contribution in [2.75, 3.05) is 25.0 Å². The fraction of sp³-hybridized carbons (Fsp3) is 0.353. The predicted molar refractivity (Wildman–Crippen MR) is 98.6 cm³/mol. The number of sulfonamides is 1. The number of hydrogen-bond acceptors (Lipinski definition) is 4. The van der Waals surface area contributed by atoms with Crippen molar-refractivity contribution >= 4 is 31.8 Å². The van der Waals surface area contributed by atoms with Crippen LogP contribution in [0.15, 0.2) is 58.0 Å². The number of pyridine rings is 1. The lowest BCUT2D eigenvalue weighted by molar-refractivity contribution is 0.314. The molecule has 128 valence electrons. The molecule has 1 aromatic carbocycles. The van der Waals surface area contributed by atoms with Crippen LogP contribution >= 0.6 is 15.9 Å². The highest BCUT2D eigenvalue weighted by Crippen LogP contribution is 2.28. The van der Waals surface area contributed by atoms with Crippen LogP contribution in [0.25, 0.3) is 0 Å². The summed E-state index contributed by atoms with van der Waals surface area (Å²) in [6.45, 7) is 1.04. The number of piperidine rings is 1. The molecule has 1 aromatic heterocycles. The van der Waals surface area contributed by atoms with Crippen LogP contribution in [-0.2, 0) is 10.0 Å². The number of nitrogens with zero attached hydrogens (tertiary/aromatic N) is 3. The molecule has 0 unspecified atom stereocenters. The quantitative estimate of drug-likeness (QED) is 0.777. The Kier molecular flexibility index (Phi) is 5.22. The average Bonchev–Trinajstić information content (AvgIpc) is 2.62. The molecule has 0 bridgehead atoms. The van der Waals surface area contributed by atoms with Gasteiger partial charge in [0.05, 0.1) is 4.90 Å². The zero-order valence-electron chi connectivity index (χ0n) is 13.5. The van der Waals surface area contributed by atoms with Crippen LogP contribution in [-0.4, -0.2) is 43.9 Å². The van der Waals surface area contributed by atoms with Crippen molar-refractivity contribution in [1.82, 2.24) is 9.29 Å². The normalized spacial score (nSPS) is 16.9. The van der Waals surface area contributed by atoms with Crippen LogP contribution in [0.1, 0.15) is 12.8 Å². The van der Waals surface area contributed by atoms with E-state index in [1.807, 2.05) is 31.3 Å². The summed E-state index contributed by atoms with van der Waals surface area (Å²) in [6.07, 6.45) is 3.35. The Labute approximate surface area is 151 Å². The van der Waals surface area contributed by atoms with Gasteiger partial charge in [-0.2, -0.15) is 4.31 Å². The van der Waals surface area contributed by atoms with E-state index < -0.39 is 10.0 Å². The van der Waals surface area contributed by atoms with E-state index in [1.165, 1.54) is 0 Å². The van der Waals surface area contributed by atoms with E-state index in [0.29, 0.717) is 28.5 Å². The number of halogens is 1. The summed E-state index contributed by atoms with van der Waals surface area (Å²) in [5.74, 6) is 0.921. The molecular weight excluding hydrogens is 390 g/mol. The first-order valence-corrected chi connectivity index (χ1v) is 10.1. The van der Waals surface area contributed by atoms with Crippen molar-refractivity contribution in [2.45, 2.75) is 23.8 Å². The Balaban J connectivity index is 1.70. The first kappa shape index (κ1) is 17.4. The van der Waals surface area contributed by atoms with E-state index in [2.05, 4.69) is 25.8 Å². The molecule has 1 aliphatic heterocycles. The van der Waals surface area contributed by atoms with Gasteiger partial charge in [0, 0.05) is 36.8 Å². The van der Waals surface area contributed by atoms with Crippen LogP contribution in [0.4, 0.5) is 5.82 Å². The van der Waals surface area contributed by atoms with Crippen molar-refractivity contribution < 1.29 is 8.42 Å². The first-order valence-electron chi connectivity index (χ1n) is 7.88. The van der Waals surface area contributed by atoms with Crippen molar-refractivity contribution in [3.63, 3.8) is 0 Å². The molecular formula is C17H20BrN3O2S. The predicted octanol–water partition coefficient (Wildman–Crippen LogP) is 3.13. The standard InChI is InChI=1S/C17H20BrN3O2S/c1-20(17-8-4-5-11-19-17)14-9-12-21(13-10-14)24(22,23)16-7-3-2-6-15(16)18/h2-8,11,14H,9-10,12-13H2,1H3. The Morgan fingerprint density at radius 2 is 1.79 bits per heavy atom. The van der Waals surface area contributed by atoms with Gasteiger partial charge in [-0.05, 0) is 53.0 Å². The molecule has 1 aliphatic rings. The number of rotatable bonds is 4. The van der Waals surface area contributed by atoms with E-state index in [0.717, 1.165) is 18.7 Å². The van der Waals surface area contributed by atoms with Crippen LogP contribution < -0.4 is 4.90 Å². The van der Waals surface area contributed by atoms with Gasteiger partial charge in [-0.15, -0.1) is 0 Å². The molecule has 0 spiro atoms. The molecule has 2 aromatic rings. The van der Waals surface area contributed by atoms with Crippen LogP contribution in [0.2, 0.25) is 0 Å². The second kappa shape index (κ2) is 7.21. The molecule has 0 saturated carbocycles. The van der Waals surface area contributed by atoms with Gasteiger partial charge in [-0.25, -0.2) is 13.4 Å². The van der Waals surface area contributed by atoms with E-state index in [-0.39, 0.29) is 0 Å². The molecule has 5 nitrogen and oxygen atoms in total. The number of anilines is 1. The Morgan fingerprint density at radius 3 is 2.42 bits per heavy atom. The molecule has 0 radical (unpaired) electrons. The van der Waals surface area contributed by atoms with E-state index in [1.54, 1.807) is 28.7 Å². The second-order valence-corrected chi connectivity index (χ2v) is 8.63. The van der Waals surface area contributed by atoms with Crippen molar-refractivity contribution in [2.24, 2.45) is 0 Å². The van der Waals surface area contributed by atoms with Gasteiger partial charge in [0.15, 0.2) is 0 Å². The summed E-state index contributed by atoms with van der Waals surface area (Å²) in [7, 11) is -1.44. The first-order chi connectivity index (χ1) is 11.5. The third-order valence-electron chi connectivity index (χ3n) is 4.44. The third-order valence-corrected chi connectivity index (χ3v) is 7.35. The SMILES string of the molecule is CN(c1ccccn1)C1CCN(S(=O)(=O)c2ccccc2Br)CC1. The Hall–Kier alpha value is -1.44. The summed E-state index contributed by atoms with van der Waals surface area (Å²) in [5.41, 5.74) is 0. The summed E-state index contributed by atoms with van der Waals surface area (Å²) in [5, 5.41) is 0. The van der Waals surface area contributed by atoms with Gasteiger partial charge >= 0.3 is 0 Å². The molecule has 0 amide bonds. The molecule has 0 atom stereocenters. The molecule has 1 saturated heterocycles. The van der Waals surface area contributed by atoms with E-state index >= 15 is 0 Å². The van der Waals surface area contributed by atoms with Crippen molar-refractivity contribution in [1.29, 1.82) is 0 Å². The van der Waals surface area contributed by atoms with E-state index in [4.69, 9.17) is 0 Å². The molecule has 3 rings (SSSR count). The summed E-state index contributed by atoms with van der Waals surface area (Å²) in [4.78, 5) is 6.84. The van der Waals surface area contributed by atoms with Crippen LogP contribution in [0.5, 0.6) is 0 Å². The highest BCUT2D eigenvalue weighted by Gasteiger charge is 2.32. The maximum Gasteiger partial charge on any atom is 0.244 e. The maximum absolute atomic E-state index is 12.8. The van der Waals surface area contributed by atoms with Gasteiger partial charge in [-0.1, -0.05) is 18.2 Å². The Morgan fingerprint density at radius 1 is 1.12 bits per heavy atom. The van der Waals surface area contributed by atoms with Crippen LogP contribution in [0.3, 0.4) is 0 Å². The molecule has 24 heavy (non-hydrogen) atoms.